The summed E-state index contributed by atoms with van der Waals surface area (Å²) < 4.78 is 5.33. The molecule has 3 rings (SSSR count). The van der Waals surface area contributed by atoms with E-state index in [2.05, 4.69) is 4.98 Å². The number of aromatic nitrogens is 1. The molecule has 0 spiro atoms. The Balaban J connectivity index is 2.05. The van der Waals surface area contributed by atoms with Crippen molar-refractivity contribution in [2.75, 3.05) is 31.2 Å². The van der Waals surface area contributed by atoms with E-state index in [0.717, 1.165) is 5.69 Å². The number of thiazole rings is 1. The highest BCUT2D eigenvalue weighted by atomic mass is 32.1. The number of ether oxygens (including phenoxy) is 1. The lowest BCUT2D eigenvalue weighted by molar-refractivity contribution is -0.384. The van der Waals surface area contributed by atoms with E-state index in [9.17, 15) is 20.2 Å². The predicted molar refractivity (Wildman–Crippen MR) is 95.7 cm³/mol. The van der Waals surface area contributed by atoms with Crippen LogP contribution >= 0.6 is 11.3 Å². The number of nitro groups is 1. The molecule has 1 fully saturated rings. The topological polar surface area (TPSA) is 109 Å². The molecule has 1 aliphatic rings. The average molecular weight is 372 g/mol. The second-order valence-electron chi connectivity index (χ2n) is 5.81. The largest absolute Gasteiger partial charge is 0.378 e. The number of hydrogen-bond donors (Lipinski definition) is 0. The molecule has 0 aliphatic carbocycles. The maximum Gasteiger partial charge on any atom is 0.270 e. The summed E-state index contributed by atoms with van der Waals surface area (Å²) in [5.41, 5.74) is 1.29. The zero-order chi connectivity index (χ0) is 18.7. The normalized spacial score (nSPS) is 15.3. The third-order valence-electron chi connectivity index (χ3n) is 4.08. The van der Waals surface area contributed by atoms with Crippen molar-refractivity contribution >= 4 is 28.5 Å². The monoisotopic (exact) mass is 372 g/mol. The van der Waals surface area contributed by atoms with Crippen LogP contribution in [0.1, 0.15) is 27.0 Å². The van der Waals surface area contributed by atoms with Gasteiger partial charge in [0.2, 0.25) is 0 Å². The Bertz CT molecular complexity index is 883. The van der Waals surface area contributed by atoms with Crippen molar-refractivity contribution in [2.45, 2.75) is 12.8 Å². The molecule has 26 heavy (non-hydrogen) atoms. The van der Waals surface area contributed by atoms with Gasteiger partial charge in [-0.15, -0.1) is 11.3 Å². The van der Waals surface area contributed by atoms with Crippen LogP contribution in [0.3, 0.4) is 0 Å². The van der Waals surface area contributed by atoms with Crippen LogP contribution < -0.4 is 4.90 Å². The third-order valence-corrected chi connectivity index (χ3v) is 5.11. The van der Waals surface area contributed by atoms with Crippen molar-refractivity contribution in [3.63, 3.8) is 0 Å². The number of benzene rings is 1. The first kappa shape index (κ1) is 18.0. The van der Waals surface area contributed by atoms with Crippen molar-refractivity contribution in [1.29, 1.82) is 5.26 Å². The van der Waals surface area contributed by atoms with Crippen LogP contribution in [0.5, 0.6) is 0 Å². The van der Waals surface area contributed by atoms with Gasteiger partial charge in [-0.2, -0.15) is 5.26 Å². The van der Waals surface area contributed by atoms with Crippen molar-refractivity contribution in [3.05, 3.63) is 50.0 Å². The first-order valence-electron chi connectivity index (χ1n) is 7.98. The smallest absolute Gasteiger partial charge is 0.270 e. The van der Waals surface area contributed by atoms with Gasteiger partial charge < -0.3 is 9.64 Å². The number of carbonyl (C=O) groups excluding carboxylic acids is 1. The fourth-order valence-electron chi connectivity index (χ4n) is 2.80. The van der Waals surface area contributed by atoms with E-state index < -0.39 is 16.6 Å². The summed E-state index contributed by atoms with van der Waals surface area (Å²) in [6.07, 6.45) is 0. The summed E-state index contributed by atoms with van der Waals surface area (Å²) in [7, 11) is 0. The van der Waals surface area contributed by atoms with E-state index in [1.807, 2.05) is 11.0 Å². The number of Topliss-reactive ketones (excluding diaryl/α,β-unsaturated/α-hetero) is 1. The number of aryl methyl sites for hydroxylation is 1. The number of rotatable bonds is 5. The highest BCUT2D eigenvalue weighted by Gasteiger charge is 2.30. The number of hydrogen-bond acceptors (Lipinski definition) is 8. The minimum atomic E-state index is -1.09. The minimum Gasteiger partial charge on any atom is -0.378 e. The Morgan fingerprint density at radius 1 is 1.46 bits per heavy atom. The fraction of sp³-hybridized carbons (Fsp3) is 0.353. The molecule has 2 aromatic rings. The molecular formula is C17H16N4O4S. The van der Waals surface area contributed by atoms with Crippen LogP contribution in [0.25, 0.3) is 0 Å². The maximum atomic E-state index is 13.1. The number of nitrogens with zero attached hydrogens (tertiary/aromatic N) is 4. The molecule has 1 aromatic heterocycles. The Kier molecular flexibility index (Phi) is 5.25. The lowest BCUT2D eigenvalue weighted by Gasteiger charge is -2.30. The number of nitriles is 1. The number of anilines is 1. The van der Waals surface area contributed by atoms with Gasteiger partial charge in [-0.1, -0.05) is 0 Å². The molecule has 0 bridgehead atoms. The molecule has 134 valence electrons. The van der Waals surface area contributed by atoms with Gasteiger partial charge in [-0.3, -0.25) is 14.9 Å². The molecule has 2 heterocycles. The number of nitro benzene ring substituents is 1. The minimum absolute atomic E-state index is 0.167. The number of ketones is 1. The summed E-state index contributed by atoms with van der Waals surface area (Å²) >= 11 is 1.24. The SMILES string of the molecule is Cc1csc(C(C#N)C(=O)c2cc([N+](=O)[O-])ccc2N2CCOCC2)n1. The molecular weight excluding hydrogens is 356 g/mol. The van der Waals surface area contributed by atoms with Crippen LogP contribution in [0.2, 0.25) is 0 Å². The first-order chi connectivity index (χ1) is 12.5. The standard InChI is InChI=1S/C17H16N4O4S/c1-11-10-26-17(19-11)14(9-18)16(22)13-8-12(21(23)24)2-3-15(13)20-4-6-25-7-5-20/h2-3,8,10,14H,4-7H2,1H3. The van der Waals surface area contributed by atoms with Crippen molar-refractivity contribution in [1.82, 2.24) is 4.98 Å². The third kappa shape index (κ3) is 3.56. The second-order valence-corrected chi connectivity index (χ2v) is 6.70. The summed E-state index contributed by atoms with van der Waals surface area (Å²) in [6.45, 7) is 3.96. The van der Waals surface area contributed by atoms with E-state index in [-0.39, 0.29) is 11.3 Å². The van der Waals surface area contributed by atoms with Crippen LogP contribution in [0, 0.1) is 28.4 Å². The van der Waals surface area contributed by atoms with Crippen LogP contribution in [0.4, 0.5) is 11.4 Å². The zero-order valence-electron chi connectivity index (χ0n) is 14.0. The molecule has 1 unspecified atom stereocenters. The van der Waals surface area contributed by atoms with Gasteiger partial charge in [0.25, 0.3) is 5.69 Å². The molecule has 9 heteroatoms. The van der Waals surface area contributed by atoms with Gasteiger partial charge in [0.15, 0.2) is 11.7 Å². The predicted octanol–water partition coefficient (Wildman–Crippen LogP) is 2.69. The van der Waals surface area contributed by atoms with E-state index in [1.165, 1.54) is 23.5 Å². The van der Waals surface area contributed by atoms with Crippen molar-refractivity contribution < 1.29 is 14.5 Å². The van der Waals surface area contributed by atoms with Crippen LogP contribution in [0.15, 0.2) is 23.6 Å². The summed E-state index contributed by atoms with van der Waals surface area (Å²) in [4.78, 5) is 29.9. The van der Waals surface area contributed by atoms with E-state index in [4.69, 9.17) is 4.74 Å². The average Bonchev–Trinajstić information content (AvgIpc) is 3.08. The molecule has 0 radical (unpaired) electrons. The molecule has 1 aliphatic heterocycles. The first-order valence-corrected chi connectivity index (χ1v) is 8.86. The number of non-ortho nitro benzene ring substituents is 1. The highest BCUT2D eigenvalue weighted by molar-refractivity contribution is 7.10. The highest BCUT2D eigenvalue weighted by Crippen LogP contribution is 2.32. The van der Waals surface area contributed by atoms with E-state index in [0.29, 0.717) is 37.0 Å². The fourth-order valence-corrected chi connectivity index (χ4v) is 3.64. The molecule has 1 aromatic carbocycles. The van der Waals surface area contributed by atoms with Gasteiger partial charge >= 0.3 is 0 Å². The Hall–Kier alpha value is -2.83. The summed E-state index contributed by atoms with van der Waals surface area (Å²) in [5.74, 6) is -1.57. The molecule has 0 N–H and O–H groups in total. The summed E-state index contributed by atoms with van der Waals surface area (Å²) in [5, 5.41) is 22.9. The van der Waals surface area contributed by atoms with Gasteiger partial charge in [0, 0.05) is 47.5 Å². The second kappa shape index (κ2) is 7.59. The van der Waals surface area contributed by atoms with Gasteiger partial charge in [-0.25, -0.2) is 4.98 Å². The van der Waals surface area contributed by atoms with Crippen LogP contribution in [-0.2, 0) is 4.74 Å². The molecule has 1 atom stereocenters. The maximum absolute atomic E-state index is 13.1. The molecule has 8 nitrogen and oxygen atoms in total. The van der Waals surface area contributed by atoms with E-state index >= 15 is 0 Å². The summed E-state index contributed by atoms with van der Waals surface area (Å²) in [6, 6.07) is 6.18. The van der Waals surface area contributed by atoms with Crippen molar-refractivity contribution in [3.8, 4) is 6.07 Å². The zero-order valence-corrected chi connectivity index (χ0v) is 14.9. The number of carbonyl (C=O) groups is 1. The molecule has 0 saturated carbocycles. The van der Waals surface area contributed by atoms with Gasteiger partial charge in [0.1, 0.15) is 5.01 Å². The van der Waals surface area contributed by atoms with Crippen LogP contribution in [-0.4, -0.2) is 42.0 Å². The quantitative estimate of drug-likeness (QED) is 0.451. The Labute approximate surface area is 153 Å². The van der Waals surface area contributed by atoms with Gasteiger partial charge in [0.05, 0.1) is 24.2 Å². The van der Waals surface area contributed by atoms with E-state index in [1.54, 1.807) is 18.4 Å². The van der Waals surface area contributed by atoms with Gasteiger partial charge in [-0.05, 0) is 13.0 Å². The lowest BCUT2D eigenvalue weighted by Crippen LogP contribution is -2.37. The lowest BCUT2D eigenvalue weighted by atomic mass is 9.96. The Morgan fingerprint density at radius 2 is 2.19 bits per heavy atom. The number of morpholine rings is 1. The molecule has 1 saturated heterocycles. The Morgan fingerprint density at radius 3 is 2.77 bits per heavy atom. The van der Waals surface area contributed by atoms with Crippen molar-refractivity contribution in [2.24, 2.45) is 0 Å². The molecule has 0 amide bonds.